The first-order valence-electron chi connectivity index (χ1n) is 13.2. The molecule has 0 saturated carbocycles. The molecule has 2 rings (SSSR count). The molecule has 0 bridgehead atoms. The lowest BCUT2D eigenvalue weighted by atomic mass is 9.95. The van der Waals surface area contributed by atoms with Crippen LogP contribution in [-0.2, 0) is 16.0 Å². The standard InChI is InChI=1S/C30H45NO5/c1-8-33-29(32)14-10-23-15-24(9-13-27(23)35-18-21(4)5)30(31)26-12-11-25(34-17-20(2)3)16-28(26)36-19-22(6)7/h9,11-13,15-16,20-22,30H,8,10,14,17-19,31H2,1-7H3. The number of rotatable bonds is 15. The average molecular weight is 500 g/mol. The van der Waals surface area contributed by atoms with Gasteiger partial charge >= 0.3 is 5.97 Å². The number of aryl methyl sites for hydroxylation is 1. The van der Waals surface area contributed by atoms with Crippen molar-refractivity contribution in [2.75, 3.05) is 26.4 Å². The Morgan fingerprint density at radius 3 is 2.03 bits per heavy atom. The lowest BCUT2D eigenvalue weighted by molar-refractivity contribution is -0.143. The molecular formula is C30H45NO5. The second-order valence-electron chi connectivity index (χ2n) is 10.5. The zero-order chi connectivity index (χ0) is 26.7. The summed E-state index contributed by atoms with van der Waals surface area (Å²) in [4.78, 5) is 12.0. The van der Waals surface area contributed by atoms with Gasteiger partial charge in [0.2, 0.25) is 0 Å². The van der Waals surface area contributed by atoms with Crippen molar-refractivity contribution in [2.24, 2.45) is 23.5 Å². The van der Waals surface area contributed by atoms with Crippen molar-refractivity contribution in [3.05, 3.63) is 53.1 Å². The maximum Gasteiger partial charge on any atom is 0.306 e. The van der Waals surface area contributed by atoms with Crippen LogP contribution in [0, 0.1) is 17.8 Å². The highest BCUT2D eigenvalue weighted by molar-refractivity contribution is 5.69. The normalized spacial score (nSPS) is 12.2. The molecule has 0 aliphatic carbocycles. The van der Waals surface area contributed by atoms with Crippen LogP contribution in [0.2, 0.25) is 0 Å². The van der Waals surface area contributed by atoms with E-state index in [1.54, 1.807) is 0 Å². The summed E-state index contributed by atoms with van der Waals surface area (Å²) in [6, 6.07) is 11.4. The Morgan fingerprint density at radius 2 is 1.42 bits per heavy atom. The number of hydrogen-bond acceptors (Lipinski definition) is 6. The summed E-state index contributed by atoms with van der Waals surface area (Å²) in [5.74, 6) is 3.25. The Kier molecular flexibility index (Phi) is 12.1. The molecule has 0 radical (unpaired) electrons. The van der Waals surface area contributed by atoms with Crippen LogP contribution in [0.3, 0.4) is 0 Å². The molecule has 0 fully saturated rings. The summed E-state index contributed by atoms with van der Waals surface area (Å²) in [6.07, 6.45) is 0.806. The topological polar surface area (TPSA) is 80.0 Å². The van der Waals surface area contributed by atoms with Crippen molar-refractivity contribution in [1.29, 1.82) is 0 Å². The van der Waals surface area contributed by atoms with Gasteiger partial charge in [-0.3, -0.25) is 4.79 Å². The van der Waals surface area contributed by atoms with Crippen molar-refractivity contribution in [1.82, 2.24) is 0 Å². The maximum absolute atomic E-state index is 12.0. The first-order chi connectivity index (χ1) is 17.1. The molecule has 200 valence electrons. The minimum absolute atomic E-state index is 0.219. The molecule has 0 heterocycles. The molecular weight excluding hydrogens is 454 g/mol. The molecule has 0 amide bonds. The summed E-state index contributed by atoms with van der Waals surface area (Å²) in [5, 5.41) is 0. The second kappa shape index (κ2) is 14.7. The van der Waals surface area contributed by atoms with E-state index in [9.17, 15) is 4.79 Å². The second-order valence-corrected chi connectivity index (χ2v) is 10.5. The minimum Gasteiger partial charge on any atom is -0.493 e. The van der Waals surface area contributed by atoms with E-state index in [1.165, 1.54) is 0 Å². The fourth-order valence-electron chi connectivity index (χ4n) is 3.54. The van der Waals surface area contributed by atoms with Gasteiger partial charge in [0.05, 0.1) is 32.5 Å². The van der Waals surface area contributed by atoms with Gasteiger partial charge in [-0.15, -0.1) is 0 Å². The van der Waals surface area contributed by atoms with E-state index in [1.807, 2.05) is 43.3 Å². The highest BCUT2D eigenvalue weighted by Crippen LogP contribution is 2.34. The Morgan fingerprint density at radius 1 is 0.806 bits per heavy atom. The van der Waals surface area contributed by atoms with Crippen LogP contribution in [0.5, 0.6) is 17.2 Å². The SMILES string of the molecule is CCOC(=O)CCc1cc(C(N)c2ccc(OCC(C)C)cc2OCC(C)C)ccc1OCC(C)C. The van der Waals surface area contributed by atoms with Crippen LogP contribution in [0.4, 0.5) is 0 Å². The predicted octanol–water partition coefficient (Wildman–Crippen LogP) is 6.33. The fraction of sp³-hybridized carbons (Fsp3) is 0.567. The molecule has 36 heavy (non-hydrogen) atoms. The van der Waals surface area contributed by atoms with E-state index in [0.717, 1.165) is 33.9 Å². The highest BCUT2D eigenvalue weighted by Gasteiger charge is 2.19. The van der Waals surface area contributed by atoms with E-state index in [0.29, 0.717) is 50.6 Å². The van der Waals surface area contributed by atoms with Crippen LogP contribution >= 0.6 is 0 Å². The van der Waals surface area contributed by atoms with Crippen LogP contribution < -0.4 is 19.9 Å². The predicted molar refractivity (Wildman–Crippen MR) is 145 cm³/mol. The summed E-state index contributed by atoms with van der Waals surface area (Å²) < 4.78 is 23.3. The van der Waals surface area contributed by atoms with Crippen molar-refractivity contribution in [3.63, 3.8) is 0 Å². The van der Waals surface area contributed by atoms with Crippen molar-refractivity contribution < 1.29 is 23.7 Å². The average Bonchev–Trinajstić information content (AvgIpc) is 2.83. The molecule has 0 aliphatic heterocycles. The van der Waals surface area contributed by atoms with Crippen LogP contribution in [0.25, 0.3) is 0 Å². The zero-order valence-electron chi connectivity index (χ0n) is 23.1. The van der Waals surface area contributed by atoms with Crippen molar-refractivity contribution in [2.45, 2.75) is 67.3 Å². The van der Waals surface area contributed by atoms with Gasteiger partial charge in [0.25, 0.3) is 0 Å². The van der Waals surface area contributed by atoms with E-state index >= 15 is 0 Å². The highest BCUT2D eigenvalue weighted by atomic mass is 16.5. The van der Waals surface area contributed by atoms with Gasteiger partial charge in [-0.1, -0.05) is 53.7 Å². The number of carbonyl (C=O) groups is 1. The molecule has 1 unspecified atom stereocenters. The van der Waals surface area contributed by atoms with Crippen LogP contribution in [0.1, 0.15) is 77.6 Å². The minimum atomic E-state index is -0.410. The number of ether oxygens (including phenoxy) is 4. The first kappa shape index (κ1) is 29.5. The van der Waals surface area contributed by atoms with Gasteiger partial charge in [0, 0.05) is 18.1 Å². The van der Waals surface area contributed by atoms with E-state index in [2.05, 4.69) is 41.5 Å². The molecule has 6 nitrogen and oxygen atoms in total. The molecule has 0 aliphatic rings. The molecule has 0 saturated heterocycles. The third-order valence-electron chi connectivity index (χ3n) is 5.40. The largest absolute Gasteiger partial charge is 0.493 e. The van der Waals surface area contributed by atoms with Crippen molar-refractivity contribution >= 4 is 5.97 Å². The monoisotopic (exact) mass is 499 g/mol. The lowest BCUT2D eigenvalue weighted by Crippen LogP contribution is -2.16. The zero-order valence-corrected chi connectivity index (χ0v) is 23.1. The number of hydrogen-bond donors (Lipinski definition) is 1. The summed E-state index contributed by atoms with van der Waals surface area (Å²) in [7, 11) is 0. The Balaban J connectivity index is 2.36. The molecule has 2 aromatic carbocycles. The lowest BCUT2D eigenvalue weighted by Gasteiger charge is -2.21. The maximum atomic E-state index is 12.0. The molecule has 1 atom stereocenters. The van der Waals surface area contributed by atoms with Gasteiger partial charge in [-0.2, -0.15) is 0 Å². The summed E-state index contributed by atoms with van der Waals surface area (Å²) in [6.45, 7) is 16.7. The summed E-state index contributed by atoms with van der Waals surface area (Å²) in [5.41, 5.74) is 9.55. The van der Waals surface area contributed by atoms with Gasteiger partial charge in [0.1, 0.15) is 17.2 Å². The number of nitrogens with two attached hydrogens (primary N) is 1. The van der Waals surface area contributed by atoms with E-state index < -0.39 is 6.04 Å². The quantitative estimate of drug-likeness (QED) is 0.288. The van der Waals surface area contributed by atoms with Crippen LogP contribution in [0.15, 0.2) is 36.4 Å². The number of carbonyl (C=O) groups excluding carboxylic acids is 1. The molecule has 2 N–H and O–H groups in total. The fourth-order valence-corrected chi connectivity index (χ4v) is 3.54. The van der Waals surface area contributed by atoms with Gasteiger partial charge < -0.3 is 24.7 Å². The van der Waals surface area contributed by atoms with Gasteiger partial charge in [0.15, 0.2) is 0 Å². The van der Waals surface area contributed by atoms with Gasteiger partial charge in [-0.25, -0.2) is 0 Å². The molecule has 0 aromatic heterocycles. The van der Waals surface area contributed by atoms with Crippen molar-refractivity contribution in [3.8, 4) is 17.2 Å². The molecule has 0 spiro atoms. The third kappa shape index (κ3) is 9.73. The number of benzene rings is 2. The Hall–Kier alpha value is -2.73. The Bertz CT molecular complexity index is 954. The summed E-state index contributed by atoms with van der Waals surface area (Å²) >= 11 is 0. The Labute approximate surface area is 217 Å². The molecule has 2 aromatic rings. The molecule has 6 heteroatoms. The third-order valence-corrected chi connectivity index (χ3v) is 5.40. The smallest absolute Gasteiger partial charge is 0.306 e. The first-order valence-corrected chi connectivity index (χ1v) is 13.2. The number of esters is 1. The van der Waals surface area contributed by atoms with Gasteiger partial charge in [-0.05, 0) is 60.4 Å². The van der Waals surface area contributed by atoms with E-state index in [4.69, 9.17) is 24.7 Å². The van der Waals surface area contributed by atoms with E-state index in [-0.39, 0.29) is 12.4 Å². The van der Waals surface area contributed by atoms with Crippen LogP contribution in [-0.4, -0.2) is 32.4 Å².